The summed E-state index contributed by atoms with van der Waals surface area (Å²) in [6, 6.07) is 17.9. The lowest BCUT2D eigenvalue weighted by atomic mass is 10.2. The number of hydrogen-bond acceptors (Lipinski definition) is 10. The van der Waals surface area contributed by atoms with Gasteiger partial charge in [0.2, 0.25) is 12.7 Å². The van der Waals surface area contributed by atoms with E-state index in [2.05, 4.69) is 10.2 Å². The first-order valence-electron chi connectivity index (χ1n) is 11.3. The first-order chi connectivity index (χ1) is 18.5. The maximum Gasteiger partial charge on any atom is 0.342 e. The number of aliphatic carboxylic acids is 1. The normalized spacial score (nSPS) is 12.3. The molecule has 194 valence electrons. The fourth-order valence-corrected chi connectivity index (χ4v) is 4.21. The molecule has 1 N–H and O–H groups in total. The van der Waals surface area contributed by atoms with Crippen LogP contribution in [0.5, 0.6) is 28.7 Å². The Kier molecular flexibility index (Phi) is 7.36. The van der Waals surface area contributed by atoms with Crippen molar-refractivity contribution in [3.63, 3.8) is 0 Å². The van der Waals surface area contributed by atoms with Crippen LogP contribution in [0, 0.1) is 0 Å². The number of benzene rings is 3. The zero-order valence-corrected chi connectivity index (χ0v) is 21.2. The molecule has 0 fully saturated rings. The molecule has 1 aromatic heterocycles. The SMILES string of the molecule is COc1cc(OC)cc(-c2nnc(S/C(=C\c3ccc(OCc4ccc5c(c4)OCO5)cc3)C(=O)O)o2)c1. The lowest BCUT2D eigenvalue weighted by Crippen LogP contribution is -1.97. The highest BCUT2D eigenvalue weighted by molar-refractivity contribution is 8.03. The summed E-state index contributed by atoms with van der Waals surface area (Å²) >= 11 is 0.854. The van der Waals surface area contributed by atoms with Crippen molar-refractivity contribution in [1.82, 2.24) is 10.2 Å². The Balaban J connectivity index is 1.26. The van der Waals surface area contributed by atoms with Crippen LogP contribution >= 0.6 is 11.8 Å². The molecule has 2 heterocycles. The lowest BCUT2D eigenvalue weighted by molar-refractivity contribution is -0.131. The number of rotatable bonds is 10. The van der Waals surface area contributed by atoms with Gasteiger partial charge in [-0.25, -0.2) is 4.79 Å². The number of thioether (sulfide) groups is 1. The summed E-state index contributed by atoms with van der Waals surface area (Å²) in [5.74, 6) is 2.25. The summed E-state index contributed by atoms with van der Waals surface area (Å²) in [7, 11) is 3.07. The van der Waals surface area contributed by atoms with Crippen LogP contribution < -0.4 is 23.7 Å². The minimum Gasteiger partial charge on any atom is -0.497 e. The Morgan fingerprint density at radius 3 is 2.39 bits per heavy atom. The number of methoxy groups -OCH3 is 2. The molecular formula is C27H22N2O8S. The Labute approximate surface area is 221 Å². The van der Waals surface area contributed by atoms with Crippen LogP contribution in [-0.2, 0) is 11.4 Å². The minimum absolute atomic E-state index is 0.0115. The average molecular weight is 535 g/mol. The summed E-state index contributed by atoms with van der Waals surface area (Å²) in [4.78, 5) is 11.9. The zero-order valence-electron chi connectivity index (χ0n) is 20.4. The molecule has 0 radical (unpaired) electrons. The van der Waals surface area contributed by atoms with E-state index in [0.717, 1.165) is 17.3 Å². The van der Waals surface area contributed by atoms with Crippen molar-refractivity contribution in [1.29, 1.82) is 0 Å². The highest BCUT2D eigenvalue weighted by Gasteiger charge is 2.17. The van der Waals surface area contributed by atoms with E-state index in [0.29, 0.717) is 46.5 Å². The van der Waals surface area contributed by atoms with Gasteiger partial charge in [0.15, 0.2) is 11.5 Å². The summed E-state index contributed by atoms with van der Waals surface area (Å²) in [5, 5.41) is 17.8. The molecule has 11 heteroatoms. The van der Waals surface area contributed by atoms with Crippen LogP contribution in [0.25, 0.3) is 17.5 Å². The lowest BCUT2D eigenvalue weighted by Gasteiger charge is -2.07. The molecule has 1 aliphatic rings. The van der Waals surface area contributed by atoms with E-state index < -0.39 is 5.97 Å². The third-order valence-electron chi connectivity index (χ3n) is 5.43. The number of aromatic nitrogens is 2. The Morgan fingerprint density at radius 1 is 0.947 bits per heavy atom. The Morgan fingerprint density at radius 2 is 1.68 bits per heavy atom. The molecule has 3 aromatic carbocycles. The average Bonchev–Trinajstić information content (AvgIpc) is 3.61. The van der Waals surface area contributed by atoms with Crippen LogP contribution in [0.15, 0.2) is 75.2 Å². The fourth-order valence-electron chi connectivity index (χ4n) is 3.54. The second kappa shape index (κ2) is 11.2. The largest absolute Gasteiger partial charge is 0.497 e. The van der Waals surface area contributed by atoms with E-state index in [9.17, 15) is 9.90 Å². The molecule has 0 bridgehead atoms. The number of hydrogen-bond donors (Lipinski definition) is 1. The van der Waals surface area contributed by atoms with Gasteiger partial charge in [-0.2, -0.15) is 0 Å². The molecular weight excluding hydrogens is 512 g/mol. The third-order valence-corrected chi connectivity index (χ3v) is 6.29. The van der Waals surface area contributed by atoms with Gasteiger partial charge in [0, 0.05) is 11.6 Å². The van der Waals surface area contributed by atoms with Gasteiger partial charge in [-0.3, -0.25) is 0 Å². The molecule has 38 heavy (non-hydrogen) atoms. The number of carboxylic acids is 1. The van der Waals surface area contributed by atoms with Gasteiger partial charge >= 0.3 is 5.97 Å². The van der Waals surface area contributed by atoms with E-state index >= 15 is 0 Å². The summed E-state index contributed by atoms with van der Waals surface area (Å²) in [6.45, 7) is 0.567. The first-order valence-corrected chi connectivity index (χ1v) is 12.1. The predicted octanol–water partition coefficient (Wildman–Crippen LogP) is 5.28. The van der Waals surface area contributed by atoms with Gasteiger partial charge in [-0.05, 0) is 65.4 Å². The molecule has 1 aliphatic heterocycles. The minimum atomic E-state index is -1.12. The van der Waals surface area contributed by atoms with E-state index in [4.69, 9.17) is 28.1 Å². The first kappa shape index (κ1) is 25.0. The van der Waals surface area contributed by atoms with Crippen molar-refractivity contribution in [3.8, 4) is 40.2 Å². The number of ether oxygens (including phenoxy) is 5. The smallest absolute Gasteiger partial charge is 0.342 e. The molecule has 0 atom stereocenters. The van der Waals surface area contributed by atoms with Crippen molar-refractivity contribution in [2.75, 3.05) is 21.0 Å². The van der Waals surface area contributed by atoms with Crippen molar-refractivity contribution in [2.45, 2.75) is 11.8 Å². The van der Waals surface area contributed by atoms with E-state index in [1.54, 1.807) is 42.5 Å². The maximum absolute atomic E-state index is 11.9. The zero-order chi connectivity index (χ0) is 26.5. The van der Waals surface area contributed by atoms with E-state index in [-0.39, 0.29) is 22.8 Å². The molecule has 0 unspecified atom stereocenters. The van der Waals surface area contributed by atoms with Gasteiger partial charge in [-0.1, -0.05) is 18.2 Å². The molecule has 0 spiro atoms. The summed E-state index contributed by atoms with van der Waals surface area (Å²) in [5.41, 5.74) is 2.19. The molecule has 0 saturated heterocycles. The third kappa shape index (κ3) is 5.84. The van der Waals surface area contributed by atoms with Crippen molar-refractivity contribution in [3.05, 3.63) is 76.7 Å². The second-order valence-corrected chi connectivity index (χ2v) is 8.93. The summed E-state index contributed by atoms with van der Waals surface area (Å²) < 4.78 is 32.8. The molecule has 4 aromatic rings. The molecule has 0 amide bonds. The summed E-state index contributed by atoms with van der Waals surface area (Å²) in [6.07, 6.45) is 1.52. The van der Waals surface area contributed by atoms with Crippen LogP contribution in [0.3, 0.4) is 0 Å². The number of nitrogens with zero attached hydrogens (tertiary/aromatic N) is 2. The highest BCUT2D eigenvalue weighted by Crippen LogP contribution is 2.34. The molecule has 0 aliphatic carbocycles. The number of carbonyl (C=O) groups is 1. The van der Waals surface area contributed by atoms with E-state index in [1.807, 2.05) is 18.2 Å². The fraction of sp³-hybridized carbons (Fsp3) is 0.148. The molecule has 0 saturated carbocycles. The number of carboxylic acid groups (broad SMARTS) is 1. The Hall–Kier alpha value is -4.64. The van der Waals surface area contributed by atoms with Gasteiger partial charge < -0.3 is 33.2 Å². The molecule has 10 nitrogen and oxygen atoms in total. The van der Waals surface area contributed by atoms with Gasteiger partial charge in [0.05, 0.1) is 14.2 Å². The van der Waals surface area contributed by atoms with Crippen LogP contribution in [0.1, 0.15) is 11.1 Å². The highest BCUT2D eigenvalue weighted by atomic mass is 32.2. The van der Waals surface area contributed by atoms with Crippen molar-refractivity contribution < 1.29 is 38.0 Å². The maximum atomic E-state index is 11.9. The quantitative estimate of drug-likeness (QED) is 0.211. The van der Waals surface area contributed by atoms with Crippen molar-refractivity contribution in [2.24, 2.45) is 0 Å². The van der Waals surface area contributed by atoms with Gasteiger partial charge in [-0.15, -0.1) is 10.2 Å². The van der Waals surface area contributed by atoms with Crippen LogP contribution in [-0.4, -0.2) is 42.3 Å². The Bertz CT molecular complexity index is 1460. The topological polar surface area (TPSA) is 122 Å². The van der Waals surface area contributed by atoms with Crippen LogP contribution in [0.4, 0.5) is 0 Å². The van der Waals surface area contributed by atoms with Crippen molar-refractivity contribution >= 4 is 23.8 Å². The second-order valence-electron chi connectivity index (χ2n) is 7.94. The monoisotopic (exact) mass is 534 g/mol. The van der Waals surface area contributed by atoms with E-state index in [1.165, 1.54) is 20.3 Å². The van der Waals surface area contributed by atoms with Crippen LogP contribution in [0.2, 0.25) is 0 Å². The molecule has 5 rings (SSSR count). The van der Waals surface area contributed by atoms with Gasteiger partial charge in [0.1, 0.15) is 28.8 Å². The van der Waals surface area contributed by atoms with Gasteiger partial charge in [0.25, 0.3) is 5.22 Å². The standard InChI is InChI=1S/C27H22N2O8S/c1-32-20-11-18(12-21(13-20)33-2)25-28-29-27(37-25)38-24(26(30)31)10-16-3-6-19(7-4-16)34-14-17-5-8-22-23(9-17)36-15-35-22/h3-13H,14-15H2,1-2H3,(H,30,31)/b24-10-. The number of fused-ring (bicyclic) bond motifs is 1. The predicted molar refractivity (Wildman–Crippen MR) is 138 cm³/mol.